The van der Waals surface area contributed by atoms with Crippen LogP contribution in [0.4, 0.5) is 0 Å². The third-order valence-corrected chi connectivity index (χ3v) is 4.83. The van der Waals surface area contributed by atoms with Gasteiger partial charge in [-0.2, -0.15) is 0 Å². The van der Waals surface area contributed by atoms with Crippen LogP contribution in [0.1, 0.15) is 37.5 Å². The number of hydrogen-bond acceptors (Lipinski definition) is 3. The molecule has 0 radical (unpaired) electrons. The van der Waals surface area contributed by atoms with Gasteiger partial charge in [-0.25, -0.2) is 0 Å². The second-order valence-corrected chi connectivity index (χ2v) is 6.59. The number of rotatable bonds is 6. The maximum absolute atomic E-state index is 12.2. The second-order valence-electron chi connectivity index (χ2n) is 5.56. The standard InChI is InChI=1S/C16H24N2O2S/c1-2-3-8-17-16(20)13-6-9-18(10-7-13)15(19)12-14-5-4-11-21-14/h4-5,11,13H,2-3,6-10,12H2,1H3,(H,17,20). The molecule has 1 fully saturated rings. The zero-order valence-electron chi connectivity index (χ0n) is 12.6. The van der Waals surface area contributed by atoms with Crippen molar-refractivity contribution in [1.82, 2.24) is 10.2 Å². The van der Waals surface area contributed by atoms with Gasteiger partial charge in [0.05, 0.1) is 6.42 Å². The van der Waals surface area contributed by atoms with Crippen molar-refractivity contribution in [3.63, 3.8) is 0 Å². The molecule has 0 unspecified atom stereocenters. The number of piperidine rings is 1. The molecular weight excluding hydrogens is 284 g/mol. The Morgan fingerprint density at radius 2 is 2.14 bits per heavy atom. The lowest BCUT2D eigenvalue weighted by Gasteiger charge is -2.31. The van der Waals surface area contributed by atoms with Crippen LogP contribution in [0, 0.1) is 5.92 Å². The van der Waals surface area contributed by atoms with E-state index in [0.717, 1.165) is 37.1 Å². The molecule has 2 heterocycles. The zero-order chi connectivity index (χ0) is 15.1. The number of nitrogens with zero attached hydrogens (tertiary/aromatic N) is 1. The van der Waals surface area contributed by atoms with Gasteiger partial charge in [0.25, 0.3) is 0 Å². The van der Waals surface area contributed by atoms with Crippen LogP contribution in [0.2, 0.25) is 0 Å². The Morgan fingerprint density at radius 1 is 1.38 bits per heavy atom. The molecule has 1 aliphatic rings. The van der Waals surface area contributed by atoms with Gasteiger partial charge in [-0.05, 0) is 30.7 Å². The first-order valence-electron chi connectivity index (χ1n) is 7.78. The third kappa shape index (κ3) is 4.84. The topological polar surface area (TPSA) is 49.4 Å². The summed E-state index contributed by atoms with van der Waals surface area (Å²) in [6.45, 7) is 4.29. The number of nitrogens with one attached hydrogen (secondary N) is 1. The van der Waals surface area contributed by atoms with Crippen LogP contribution >= 0.6 is 11.3 Å². The SMILES string of the molecule is CCCCNC(=O)C1CCN(C(=O)Cc2cccs2)CC1. The van der Waals surface area contributed by atoms with Crippen LogP contribution in [0.5, 0.6) is 0 Å². The number of hydrogen-bond donors (Lipinski definition) is 1. The maximum Gasteiger partial charge on any atom is 0.227 e. The van der Waals surface area contributed by atoms with E-state index in [1.807, 2.05) is 22.4 Å². The van der Waals surface area contributed by atoms with Crippen LogP contribution in [-0.4, -0.2) is 36.3 Å². The van der Waals surface area contributed by atoms with Crippen molar-refractivity contribution in [1.29, 1.82) is 0 Å². The van der Waals surface area contributed by atoms with E-state index in [1.165, 1.54) is 0 Å². The molecule has 1 N–H and O–H groups in total. The van der Waals surface area contributed by atoms with E-state index in [2.05, 4.69) is 12.2 Å². The van der Waals surface area contributed by atoms with E-state index >= 15 is 0 Å². The number of carbonyl (C=O) groups is 2. The minimum atomic E-state index is 0.0765. The Kier molecular flexibility index (Phi) is 6.23. The Morgan fingerprint density at radius 3 is 2.76 bits per heavy atom. The molecule has 5 heteroatoms. The van der Waals surface area contributed by atoms with Crippen LogP contribution in [-0.2, 0) is 16.0 Å². The summed E-state index contributed by atoms with van der Waals surface area (Å²) in [4.78, 5) is 27.2. The molecule has 0 aromatic carbocycles. The molecule has 0 spiro atoms. The normalized spacial score (nSPS) is 16.0. The van der Waals surface area contributed by atoms with Crippen molar-refractivity contribution in [2.24, 2.45) is 5.92 Å². The highest BCUT2D eigenvalue weighted by Crippen LogP contribution is 2.19. The molecule has 1 saturated heterocycles. The van der Waals surface area contributed by atoms with E-state index in [1.54, 1.807) is 11.3 Å². The Balaban J connectivity index is 1.72. The van der Waals surface area contributed by atoms with Gasteiger partial charge < -0.3 is 10.2 Å². The van der Waals surface area contributed by atoms with Gasteiger partial charge in [0, 0.05) is 30.4 Å². The monoisotopic (exact) mass is 308 g/mol. The smallest absolute Gasteiger partial charge is 0.227 e. The van der Waals surface area contributed by atoms with Gasteiger partial charge in [-0.15, -0.1) is 11.3 Å². The van der Waals surface area contributed by atoms with Gasteiger partial charge in [0.15, 0.2) is 0 Å². The van der Waals surface area contributed by atoms with E-state index in [-0.39, 0.29) is 17.7 Å². The molecule has 21 heavy (non-hydrogen) atoms. The summed E-state index contributed by atoms with van der Waals surface area (Å²) in [6, 6.07) is 3.97. The van der Waals surface area contributed by atoms with E-state index in [9.17, 15) is 9.59 Å². The van der Waals surface area contributed by atoms with Crippen molar-refractivity contribution in [2.45, 2.75) is 39.0 Å². The molecule has 2 rings (SSSR count). The van der Waals surface area contributed by atoms with Crippen LogP contribution in [0.25, 0.3) is 0 Å². The summed E-state index contributed by atoms with van der Waals surface area (Å²) in [5.74, 6) is 0.420. The van der Waals surface area contributed by atoms with E-state index in [4.69, 9.17) is 0 Å². The number of likely N-dealkylation sites (tertiary alicyclic amines) is 1. The lowest BCUT2D eigenvalue weighted by Crippen LogP contribution is -2.43. The largest absolute Gasteiger partial charge is 0.356 e. The fourth-order valence-electron chi connectivity index (χ4n) is 2.60. The highest BCUT2D eigenvalue weighted by atomic mass is 32.1. The van der Waals surface area contributed by atoms with Gasteiger partial charge in [-0.1, -0.05) is 19.4 Å². The summed E-state index contributed by atoms with van der Waals surface area (Å²) in [5, 5.41) is 4.99. The number of unbranched alkanes of at least 4 members (excludes halogenated alkanes) is 1. The van der Waals surface area contributed by atoms with Crippen molar-refractivity contribution >= 4 is 23.2 Å². The first-order chi connectivity index (χ1) is 10.2. The maximum atomic E-state index is 12.2. The third-order valence-electron chi connectivity index (χ3n) is 3.95. The summed E-state index contributed by atoms with van der Waals surface area (Å²) in [6.07, 6.45) is 4.19. The first kappa shape index (κ1) is 16.0. The highest BCUT2D eigenvalue weighted by molar-refractivity contribution is 7.10. The predicted molar refractivity (Wildman–Crippen MR) is 85.2 cm³/mol. The molecular formula is C16H24N2O2S. The van der Waals surface area contributed by atoms with E-state index in [0.29, 0.717) is 19.5 Å². The van der Waals surface area contributed by atoms with Gasteiger partial charge in [0.2, 0.25) is 11.8 Å². The summed E-state index contributed by atoms with van der Waals surface area (Å²) >= 11 is 1.62. The Hall–Kier alpha value is -1.36. The fourth-order valence-corrected chi connectivity index (χ4v) is 3.29. The predicted octanol–water partition coefficient (Wildman–Crippen LogP) is 2.45. The molecule has 0 saturated carbocycles. The summed E-state index contributed by atoms with van der Waals surface area (Å²) in [7, 11) is 0. The zero-order valence-corrected chi connectivity index (χ0v) is 13.5. The van der Waals surface area contributed by atoms with Crippen LogP contribution in [0.15, 0.2) is 17.5 Å². The van der Waals surface area contributed by atoms with Crippen molar-refractivity contribution in [3.8, 4) is 0 Å². The molecule has 0 aliphatic carbocycles. The molecule has 0 bridgehead atoms. The van der Waals surface area contributed by atoms with Gasteiger partial charge in [-0.3, -0.25) is 9.59 Å². The van der Waals surface area contributed by atoms with Crippen LogP contribution in [0.3, 0.4) is 0 Å². The summed E-state index contributed by atoms with van der Waals surface area (Å²) in [5.41, 5.74) is 0. The van der Waals surface area contributed by atoms with Crippen molar-refractivity contribution < 1.29 is 9.59 Å². The average molecular weight is 308 g/mol. The number of carbonyl (C=O) groups excluding carboxylic acids is 2. The lowest BCUT2D eigenvalue weighted by atomic mass is 9.95. The minimum absolute atomic E-state index is 0.0765. The van der Waals surface area contributed by atoms with Gasteiger partial charge in [0.1, 0.15) is 0 Å². The van der Waals surface area contributed by atoms with E-state index < -0.39 is 0 Å². The molecule has 4 nitrogen and oxygen atoms in total. The first-order valence-corrected chi connectivity index (χ1v) is 8.66. The van der Waals surface area contributed by atoms with Gasteiger partial charge >= 0.3 is 0 Å². The Bertz CT molecular complexity index is 451. The molecule has 1 aromatic heterocycles. The van der Waals surface area contributed by atoms with Crippen LogP contribution < -0.4 is 5.32 Å². The van der Waals surface area contributed by atoms with Crippen molar-refractivity contribution in [2.75, 3.05) is 19.6 Å². The molecule has 0 atom stereocenters. The molecule has 1 aliphatic heterocycles. The average Bonchev–Trinajstić information content (AvgIpc) is 3.00. The second kappa shape index (κ2) is 8.17. The molecule has 1 aromatic rings. The van der Waals surface area contributed by atoms with Crippen molar-refractivity contribution in [3.05, 3.63) is 22.4 Å². The Labute approximate surface area is 130 Å². The molecule has 116 valence electrons. The minimum Gasteiger partial charge on any atom is -0.356 e. The highest BCUT2D eigenvalue weighted by Gasteiger charge is 2.27. The number of thiophene rings is 1. The fraction of sp³-hybridized carbons (Fsp3) is 0.625. The summed E-state index contributed by atoms with van der Waals surface area (Å²) < 4.78 is 0. The lowest BCUT2D eigenvalue weighted by molar-refractivity contribution is -0.135. The number of amides is 2. The molecule has 2 amide bonds. The quantitative estimate of drug-likeness (QED) is 0.821.